The monoisotopic (exact) mass is 481 g/mol. The van der Waals surface area contributed by atoms with Crippen LogP contribution >= 0.6 is 11.6 Å². The van der Waals surface area contributed by atoms with Crippen LogP contribution in [0.4, 0.5) is 13.2 Å². The summed E-state index contributed by atoms with van der Waals surface area (Å²) in [7, 11) is 5.05. The number of carboxylic acids is 1. The number of carbonyl (C=O) groups is 3. The van der Waals surface area contributed by atoms with Gasteiger partial charge in [-0.25, -0.2) is 4.79 Å². The molecule has 0 saturated carbocycles. The quantitative estimate of drug-likeness (QED) is 0.669. The second-order valence-electron chi connectivity index (χ2n) is 7.35. The van der Waals surface area contributed by atoms with Crippen LogP contribution in [0, 0.1) is 0 Å². The number of likely N-dealkylation sites (tertiary alicyclic amines) is 1. The predicted octanol–water partition coefficient (Wildman–Crippen LogP) is 1.25. The van der Waals surface area contributed by atoms with Crippen molar-refractivity contribution in [2.75, 3.05) is 47.4 Å². The van der Waals surface area contributed by atoms with Gasteiger partial charge in [-0.1, -0.05) is 11.6 Å². The van der Waals surface area contributed by atoms with Crippen LogP contribution in [-0.2, 0) is 14.3 Å². The number of amides is 2. The van der Waals surface area contributed by atoms with E-state index in [0.29, 0.717) is 42.6 Å². The summed E-state index contributed by atoms with van der Waals surface area (Å²) in [5.74, 6) is -2.37. The van der Waals surface area contributed by atoms with Gasteiger partial charge in [0, 0.05) is 19.2 Å². The number of hydrogen-bond acceptors (Lipinski definition) is 6. The maximum Gasteiger partial charge on any atom is 0.490 e. The molecule has 1 aromatic rings. The SMILES string of the molecule is CNC(=O)C1COC2(CN(C(=O)c3ccc(OC)c(Cl)c3)C2)CN1C.O=C(O)C(F)(F)F. The molecule has 178 valence electrons. The average molecular weight is 482 g/mol. The van der Waals surface area contributed by atoms with Gasteiger partial charge in [0.2, 0.25) is 5.91 Å². The summed E-state index contributed by atoms with van der Waals surface area (Å²) in [5.41, 5.74) is 0.124. The molecule has 1 unspecified atom stereocenters. The molecule has 2 heterocycles. The normalized spacial score (nSPS) is 20.0. The smallest absolute Gasteiger partial charge is 0.490 e. The molecular weight excluding hydrogens is 459 g/mol. The molecule has 0 radical (unpaired) electrons. The van der Waals surface area contributed by atoms with Crippen molar-refractivity contribution in [3.8, 4) is 5.75 Å². The van der Waals surface area contributed by atoms with Gasteiger partial charge in [0.15, 0.2) is 0 Å². The third kappa shape index (κ3) is 5.81. The highest BCUT2D eigenvalue weighted by Crippen LogP contribution is 2.33. The van der Waals surface area contributed by atoms with Crippen molar-refractivity contribution >= 4 is 29.4 Å². The molecule has 0 aromatic heterocycles. The number of halogens is 4. The Morgan fingerprint density at radius 2 is 1.88 bits per heavy atom. The van der Waals surface area contributed by atoms with Gasteiger partial charge >= 0.3 is 12.1 Å². The van der Waals surface area contributed by atoms with Crippen molar-refractivity contribution in [2.45, 2.75) is 17.8 Å². The lowest BCUT2D eigenvalue weighted by Crippen LogP contribution is -2.73. The Bertz CT molecular complexity index is 876. The van der Waals surface area contributed by atoms with Crippen molar-refractivity contribution in [3.63, 3.8) is 0 Å². The van der Waals surface area contributed by atoms with Gasteiger partial charge in [0.25, 0.3) is 5.91 Å². The number of hydrogen-bond donors (Lipinski definition) is 2. The number of nitrogens with zero attached hydrogens (tertiary/aromatic N) is 2. The number of carbonyl (C=O) groups excluding carboxylic acids is 2. The highest BCUT2D eigenvalue weighted by Gasteiger charge is 2.51. The van der Waals surface area contributed by atoms with Crippen LogP contribution in [0.5, 0.6) is 5.75 Å². The number of aliphatic carboxylic acids is 1. The summed E-state index contributed by atoms with van der Waals surface area (Å²) >= 11 is 6.10. The molecule has 2 aliphatic heterocycles. The standard InChI is InChI=1S/C17H22ClN3O4.C2HF3O2/c1-19-15(22)13-7-25-17(8-20(13)2)9-21(10-17)16(23)11-4-5-14(24-3)12(18)6-11;3-2(4,5)1(6)7/h4-6,13H,7-10H2,1-3H3,(H,19,22);(H,6,7). The molecule has 2 saturated heterocycles. The highest BCUT2D eigenvalue weighted by atomic mass is 35.5. The van der Waals surface area contributed by atoms with Gasteiger partial charge in [0.05, 0.1) is 31.8 Å². The fourth-order valence-corrected chi connectivity index (χ4v) is 3.66. The first-order valence-electron chi connectivity index (χ1n) is 9.32. The minimum atomic E-state index is -5.08. The van der Waals surface area contributed by atoms with Crippen molar-refractivity contribution in [1.82, 2.24) is 15.1 Å². The Hall–Kier alpha value is -2.57. The second-order valence-corrected chi connectivity index (χ2v) is 7.76. The van der Waals surface area contributed by atoms with Crippen molar-refractivity contribution in [3.05, 3.63) is 28.8 Å². The van der Waals surface area contributed by atoms with Gasteiger partial charge in [-0.05, 0) is 25.2 Å². The summed E-state index contributed by atoms with van der Waals surface area (Å²) in [5, 5.41) is 10.2. The molecule has 1 aromatic carbocycles. The summed E-state index contributed by atoms with van der Waals surface area (Å²) in [4.78, 5) is 37.0. The lowest BCUT2D eigenvalue weighted by atomic mass is 9.90. The topological polar surface area (TPSA) is 108 Å². The first-order valence-corrected chi connectivity index (χ1v) is 9.70. The maximum atomic E-state index is 12.6. The number of nitrogens with one attached hydrogen (secondary N) is 1. The minimum Gasteiger partial charge on any atom is -0.495 e. The Kier molecular flexibility index (Phi) is 7.97. The number of rotatable bonds is 3. The summed E-state index contributed by atoms with van der Waals surface area (Å²) in [6.45, 7) is 1.94. The predicted molar refractivity (Wildman–Crippen MR) is 107 cm³/mol. The van der Waals surface area contributed by atoms with Crippen LogP contribution in [-0.4, -0.2) is 98.0 Å². The molecule has 0 aliphatic carbocycles. The Morgan fingerprint density at radius 3 is 2.31 bits per heavy atom. The first kappa shape index (κ1) is 25.7. The molecule has 2 fully saturated rings. The number of morpholine rings is 1. The maximum absolute atomic E-state index is 12.6. The fourth-order valence-electron chi connectivity index (χ4n) is 3.40. The molecule has 3 rings (SSSR count). The lowest BCUT2D eigenvalue weighted by molar-refractivity contribution is -0.192. The van der Waals surface area contributed by atoms with Crippen LogP contribution in [0.3, 0.4) is 0 Å². The average Bonchev–Trinajstić information content (AvgIpc) is 2.70. The molecule has 0 bridgehead atoms. The molecule has 2 amide bonds. The van der Waals surface area contributed by atoms with E-state index < -0.39 is 17.7 Å². The second kappa shape index (κ2) is 9.92. The summed E-state index contributed by atoms with van der Waals surface area (Å²) < 4.78 is 42.8. The lowest BCUT2D eigenvalue weighted by Gasteiger charge is -2.54. The Balaban J connectivity index is 0.000000451. The third-order valence-electron chi connectivity index (χ3n) is 5.05. The molecule has 32 heavy (non-hydrogen) atoms. The van der Waals surface area contributed by atoms with E-state index in [9.17, 15) is 22.8 Å². The zero-order chi connectivity index (χ0) is 24.3. The molecule has 2 N–H and O–H groups in total. The molecule has 1 atom stereocenters. The van der Waals surface area contributed by atoms with Gasteiger partial charge in [0.1, 0.15) is 17.4 Å². The molecule has 1 spiro atoms. The van der Waals surface area contributed by atoms with Crippen LogP contribution < -0.4 is 10.1 Å². The third-order valence-corrected chi connectivity index (χ3v) is 5.35. The summed E-state index contributed by atoms with van der Waals surface area (Å²) in [6, 6.07) is 4.71. The fraction of sp³-hybridized carbons (Fsp3) is 0.526. The molecular formula is C19H23ClF3N3O6. The van der Waals surface area contributed by atoms with E-state index in [0.717, 1.165) is 0 Å². The largest absolute Gasteiger partial charge is 0.495 e. The van der Waals surface area contributed by atoms with E-state index in [-0.39, 0.29) is 17.9 Å². The summed E-state index contributed by atoms with van der Waals surface area (Å²) in [6.07, 6.45) is -5.08. The molecule has 13 heteroatoms. The molecule has 2 aliphatic rings. The van der Waals surface area contributed by atoms with E-state index in [4.69, 9.17) is 31.0 Å². The van der Waals surface area contributed by atoms with Crippen LogP contribution in [0.1, 0.15) is 10.4 Å². The number of alkyl halides is 3. The van der Waals surface area contributed by atoms with Gasteiger partial charge < -0.3 is 24.8 Å². The first-order chi connectivity index (χ1) is 14.8. The molecule has 9 nitrogen and oxygen atoms in total. The van der Waals surface area contributed by atoms with E-state index in [1.807, 2.05) is 11.9 Å². The van der Waals surface area contributed by atoms with Crippen LogP contribution in [0.25, 0.3) is 0 Å². The van der Waals surface area contributed by atoms with Crippen molar-refractivity contribution in [1.29, 1.82) is 0 Å². The van der Waals surface area contributed by atoms with E-state index in [1.54, 1.807) is 30.1 Å². The van der Waals surface area contributed by atoms with Gasteiger partial charge in [-0.3, -0.25) is 14.5 Å². The number of carboxylic acid groups (broad SMARTS) is 1. The van der Waals surface area contributed by atoms with Gasteiger partial charge in [-0.15, -0.1) is 0 Å². The highest BCUT2D eigenvalue weighted by molar-refractivity contribution is 6.32. The minimum absolute atomic E-state index is 0.0579. The zero-order valence-electron chi connectivity index (χ0n) is 17.5. The zero-order valence-corrected chi connectivity index (χ0v) is 18.3. The van der Waals surface area contributed by atoms with Crippen LogP contribution in [0.2, 0.25) is 5.02 Å². The van der Waals surface area contributed by atoms with E-state index in [2.05, 4.69) is 5.32 Å². The number of ether oxygens (including phenoxy) is 2. The number of likely N-dealkylation sites (N-methyl/N-ethyl adjacent to an activating group) is 2. The van der Waals surface area contributed by atoms with E-state index >= 15 is 0 Å². The van der Waals surface area contributed by atoms with Gasteiger partial charge in [-0.2, -0.15) is 13.2 Å². The Labute approximate surface area is 187 Å². The number of methoxy groups -OCH3 is 1. The van der Waals surface area contributed by atoms with Crippen LogP contribution in [0.15, 0.2) is 18.2 Å². The van der Waals surface area contributed by atoms with Crippen molar-refractivity contribution < 1.29 is 42.1 Å². The Morgan fingerprint density at radius 1 is 1.28 bits per heavy atom. The van der Waals surface area contributed by atoms with Crippen molar-refractivity contribution in [2.24, 2.45) is 0 Å². The van der Waals surface area contributed by atoms with E-state index in [1.165, 1.54) is 7.11 Å². The number of benzene rings is 1.